The second-order valence-electron chi connectivity index (χ2n) is 7.09. The number of hydrogen-bond donors (Lipinski definition) is 3. The van der Waals surface area contributed by atoms with Crippen LogP contribution in [-0.4, -0.2) is 32.9 Å². The Hall–Kier alpha value is -2.83. The van der Waals surface area contributed by atoms with Gasteiger partial charge in [-0.3, -0.25) is 9.48 Å². The van der Waals surface area contributed by atoms with Gasteiger partial charge in [-0.25, -0.2) is 4.79 Å². The predicted octanol–water partition coefficient (Wildman–Crippen LogP) is 2.57. The van der Waals surface area contributed by atoms with Crippen molar-refractivity contribution in [2.24, 2.45) is 7.05 Å². The molecule has 7 heteroatoms. The van der Waals surface area contributed by atoms with Gasteiger partial charge in [-0.05, 0) is 37.7 Å². The minimum atomic E-state index is -0.859. The van der Waals surface area contributed by atoms with E-state index in [1.54, 1.807) is 4.68 Å². The van der Waals surface area contributed by atoms with Gasteiger partial charge in [0.2, 0.25) is 0 Å². The number of fused-ring (bicyclic) bond motifs is 1. The zero-order chi connectivity index (χ0) is 19.2. The van der Waals surface area contributed by atoms with E-state index in [4.69, 9.17) is 5.11 Å². The molecule has 144 valence electrons. The maximum absolute atomic E-state index is 12.6. The van der Waals surface area contributed by atoms with Crippen molar-refractivity contribution < 1.29 is 14.7 Å². The first-order chi connectivity index (χ1) is 13.0. The number of aliphatic carboxylic acids is 1. The summed E-state index contributed by atoms with van der Waals surface area (Å²) in [7, 11) is 1.89. The van der Waals surface area contributed by atoms with Gasteiger partial charge in [0.25, 0.3) is 0 Å². The molecule has 0 aliphatic heterocycles. The summed E-state index contributed by atoms with van der Waals surface area (Å²) in [5.74, 6) is -0.859. The molecule has 1 aliphatic rings. The van der Waals surface area contributed by atoms with Gasteiger partial charge in [0.1, 0.15) is 0 Å². The maximum Gasteiger partial charge on any atom is 0.315 e. The molecule has 1 aromatic carbocycles. The molecule has 0 radical (unpaired) electrons. The molecule has 0 fully saturated rings. The number of benzene rings is 1. The van der Waals surface area contributed by atoms with Crippen LogP contribution in [0.25, 0.3) is 0 Å². The molecule has 3 rings (SSSR count). The summed E-state index contributed by atoms with van der Waals surface area (Å²) in [6.45, 7) is 0. The summed E-state index contributed by atoms with van der Waals surface area (Å²) >= 11 is 0. The van der Waals surface area contributed by atoms with E-state index in [-0.39, 0.29) is 24.5 Å². The third-order valence-corrected chi connectivity index (χ3v) is 4.89. The van der Waals surface area contributed by atoms with Crippen LogP contribution >= 0.6 is 0 Å². The van der Waals surface area contributed by atoms with Crippen molar-refractivity contribution in [3.05, 3.63) is 53.3 Å². The highest BCUT2D eigenvalue weighted by molar-refractivity contribution is 5.75. The number of aromatic nitrogens is 2. The van der Waals surface area contributed by atoms with Crippen LogP contribution in [-0.2, 0) is 24.7 Å². The molecule has 2 aromatic rings. The number of nitrogens with one attached hydrogen (secondary N) is 2. The highest BCUT2D eigenvalue weighted by Crippen LogP contribution is 2.28. The molecular formula is C20H26N4O3. The van der Waals surface area contributed by atoms with Crippen LogP contribution in [0.2, 0.25) is 0 Å². The first kappa shape index (κ1) is 18.9. The number of carbonyl (C=O) groups is 2. The molecule has 2 unspecified atom stereocenters. The zero-order valence-corrected chi connectivity index (χ0v) is 15.5. The number of carboxylic acids is 1. The van der Waals surface area contributed by atoms with Crippen molar-refractivity contribution in [2.75, 3.05) is 0 Å². The first-order valence-corrected chi connectivity index (χ1v) is 9.36. The van der Waals surface area contributed by atoms with Gasteiger partial charge in [-0.1, -0.05) is 30.3 Å². The van der Waals surface area contributed by atoms with Crippen LogP contribution < -0.4 is 10.6 Å². The largest absolute Gasteiger partial charge is 0.481 e. The molecule has 3 N–H and O–H groups in total. The van der Waals surface area contributed by atoms with E-state index in [9.17, 15) is 9.59 Å². The molecule has 2 amide bonds. The second kappa shape index (κ2) is 8.70. The summed E-state index contributed by atoms with van der Waals surface area (Å²) in [6.07, 6.45) is 5.78. The Bertz CT molecular complexity index is 788. The fourth-order valence-electron chi connectivity index (χ4n) is 3.62. The third-order valence-electron chi connectivity index (χ3n) is 4.89. The second-order valence-corrected chi connectivity index (χ2v) is 7.09. The minimum Gasteiger partial charge on any atom is -0.481 e. The molecule has 1 aromatic heterocycles. The highest BCUT2D eigenvalue weighted by atomic mass is 16.4. The van der Waals surface area contributed by atoms with Crippen molar-refractivity contribution >= 4 is 12.0 Å². The van der Waals surface area contributed by atoms with Crippen LogP contribution in [0.4, 0.5) is 4.79 Å². The van der Waals surface area contributed by atoms with E-state index < -0.39 is 5.97 Å². The molecule has 1 aliphatic carbocycles. The van der Waals surface area contributed by atoms with Crippen molar-refractivity contribution in [2.45, 2.75) is 50.6 Å². The van der Waals surface area contributed by atoms with Crippen LogP contribution in [0.1, 0.15) is 48.5 Å². The normalized spacial score (nSPS) is 17.0. The Kier molecular flexibility index (Phi) is 6.11. The van der Waals surface area contributed by atoms with Gasteiger partial charge < -0.3 is 15.7 Å². The number of rotatable bonds is 7. The lowest BCUT2D eigenvalue weighted by atomic mass is 9.93. The Morgan fingerprint density at radius 3 is 2.85 bits per heavy atom. The fraction of sp³-hybridized carbons (Fsp3) is 0.450. The zero-order valence-electron chi connectivity index (χ0n) is 15.5. The monoisotopic (exact) mass is 370 g/mol. The number of nitrogens with zero attached hydrogens (tertiary/aromatic N) is 2. The molecule has 7 nitrogen and oxygen atoms in total. The van der Waals surface area contributed by atoms with Crippen molar-refractivity contribution in [1.82, 2.24) is 20.4 Å². The smallest absolute Gasteiger partial charge is 0.315 e. The molecule has 1 heterocycles. The number of carbonyl (C=O) groups excluding carboxylic acids is 1. The molecule has 27 heavy (non-hydrogen) atoms. The Labute approximate surface area is 158 Å². The Morgan fingerprint density at radius 2 is 2.11 bits per heavy atom. The Balaban J connectivity index is 1.62. The standard InChI is InChI=1S/C20H26N4O3/c1-24-13-16-17(8-5-9-18(16)23-24)22-20(27)21-15(10-11-19(25)26)12-14-6-3-2-4-7-14/h2-4,6-7,13,15,17H,5,8-12H2,1H3,(H,25,26)(H2,21,22,27). The number of urea groups is 1. The first-order valence-electron chi connectivity index (χ1n) is 9.36. The van der Waals surface area contributed by atoms with E-state index in [0.29, 0.717) is 12.8 Å². The molecule has 0 saturated carbocycles. The lowest BCUT2D eigenvalue weighted by molar-refractivity contribution is -0.137. The number of amides is 2. The predicted molar refractivity (Wildman–Crippen MR) is 101 cm³/mol. The lowest BCUT2D eigenvalue weighted by Gasteiger charge is -2.25. The summed E-state index contributed by atoms with van der Waals surface area (Å²) in [4.78, 5) is 23.5. The van der Waals surface area contributed by atoms with E-state index in [2.05, 4.69) is 15.7 Å². The molecule has 0 saturated heterocycles. The molecular weight excluding hydrogens is 344 g/mol. The third kappa shape index (κ3) is 5.32. The summed E-state index contributed by atoms with van der Waals surface area (Å²) < 4.78 is 1.79. The number of carboxylic acid groups (broad SMARTS) is 1. The lowest BCUT2D eigenvalue weighted by Crippen LogP contribution is -2.45. The quantitative estimate of drug-likeness (QED) is 0.698. The molecule has 0 bridgehead atoms. The maximum atomic E-state index is 12.6. The van der Waals surface area contributed by atoms with E-state index >= 15 is 0 Å². The summed E-state index contributed by atoms with van der Waals surface area (Å²) in [5.41, 5.74) is 3.19. The van der Waals surface area contributed by atoms with Crippen LogP contribution in [0.3, 0.4) is 0 Å². The van der Waals surface area contributed by atoms with Crippen molar-refractivity contribution in [1.29, 1.82) is 0 Å². The van der Waals surface area contributed by atoms with Gasteiger partial charge in [-0.15, -0.1) is 0 Å². The molecule has 0 spiro atoms. The number of hydrogen-bond acceptors (Lipinski definition) is 3. The van der Waals surface area contributed by atoms with Crippen LogP contribution in [0, 0.1) is 0 Å². The summed E-state index contributed by atoms with van der Waals surface area (Å²) in [6, 6.07) is 9.23. The van der Waals surface area contributed by atoms with Crippen LogP contribution in [0.5, 0.6) is 0 Å². The minimum absolute atomic E-state index is 0.0218. The van der Waals surface area contributed by atoms with Gasteiger partial charge in [-0.2, -0.15) is 5.10 Å². The van der Waals surface area contributed by atoms with Gasteiger partial charge in [0, 0.05) is 31.3 Å². The Morgan fingerprint density at radius 1 is 1.33 bits per heavy atom. The van der Waals surface area contributed by atoms with Gasteiger partial charge in [0.15, 0.2) is 0 Å². The van der Waals surface area contributed by atoms with Crippen molar-refractivity contribution in [3.63, 3.8) is 0 Å². The SMILES string of the molecule is Cn1cc2c(n1)CCCC2NC(=O)NC(CCC(=O)O)Cc1ccccc1. The topological polar surface area (TPSA) is 96.3 Å². The average molecular weight is 370 g/mol. The van der Waals surface area contributed by atoms with Gasteiger partial charge >= 0.3 is 12.0 Å². The van der Waals surface area contributed by atoms with E-state index in [0.717, 1.165) is 36.1 Å². The van der Waals surface area contributed by atoms with Gasteiger partial charge in [0.05, 0.1) is 11.7 Å². The van der Waals surface area contributed by atoms with E-state index in [1.165, 1.54) is 0 Å². The van der Waals surface area contributed by atoms with Crippen LogP contribution in [0.15, 0.2) is 36.5 Å². The highest BCUT2D eigenvalue weighted by Gasteiger charge is 2.25. The number of aryl methyl sites for hydroxylation is 2. The fourth-order valence-corrected chi connectivity index (χ4v) is 3.62. The summed E-state index contributed by atoms with van der Waals surface area (Å²) in [5, 5.41) is 19.5. The van der Waals surface area contributed by atoms with E-state index in [1.807, 2.05) is 43.6 Å². The molecule has 2 atom stereocenters. The van der Waals surface area contributed by atoms with Crippen molar-refractivity contribution in [3.8, 4) is 0 Å². The average Bonchev–Trinajstić information content (AvgIpc) is 3.02.